The normalized spacial score (nSPS) is 11.3. The Morgan fingerprint density at radius 1 is 1.22 bits per heavy atom. The van der Waals surface area contributed by atoms with Crippen LogP contribution in [0.2, 0.25) is 0 Å². The first-order valence-electron chi connectivity index (χ1n) is 5.79. The molecule has 92 valence electrons. The summed E-state index contributed by atoms with van der Waals surface area (Å²) in [5.41, 5.74) is 11.0. The number of thiophene rings is 1. The van der Waals surface area contributed by atoms with Gasteiger partial charge in [0.25, 0.3) is 0 Å². The molecular weight excluding hydrogens is 244 g/mol. The summed E-state index contributed by atoms with van der Waals surface area (Å²) >= 11 is 1.58. The lowest BCUT2D eigenvalue weighted by molar-refractivity contribution is 0.619. The van der Waals surface area contributed by atoms with Gasteiger partial charge in [-0.25, -0.2) is 4.98 Å². The molecule has 0 fully saturated rings. The molecule has 2 heterocycles. The van der Waals surface area contributed by atoms with E-state index in [-0.39, 0.29) is 0 Å². The van der Waals surface area contributed by atoms with Gasteiger partial charge in [0.2, 0.25) is 5.89 Å². The van der Waals surface area contributed by atoms with Crippen LogP contribution >= 0.6 is 11.3 Å². The molecule has 1 aromatic carbocycles. The summed E-state index contributed by atoms with van der Waals surface area (Å²) in [5.74, 6) is 0.620. The van der Waals surface area contributed by atoms with Gasteiger partial charge in [0, 0.05) is 4.88 Å². The minimum Gasteiger partial charge on any atom is -0.436 e. The molecule has 0 aliphatic rings. The minimum absolute atomic E-state index is 0.620. The first-order chi connectivity index (χ1) is 8.56. The maximum atomic E-state index is 6.04. The number of hydrogen-bond acceptors (Lipinski definition) is 4. The number of nitrogen functional groups attached to an aromatic ring is 1. The van der Waals surface area contributed by atoms with E-state index in [1.807, 2.05) is 25.1 Å². The summed E-state index contributed by atoms with van der Waals surface area (Å²) < 4.78 is 5.83. The number of rotatable bonds is 1. The van der Waals surface area contributed by atoms with Crippen LogP contribution in [0.25, 0.3) is 22.6 Å². The predicted molar refractivity (Wildman–Crippen MR) is 75.9 cm³/mol. The Labute approximate surface area is 109 Å². The molecule has 3 nitrogen and oxygen atoms in total. The summed E-state index contributed by atoms with van der Waals surface area (Å²) in [7, 11) is 0. The van der Waals surface area contributed by atoms with Crippen LogP contribution in [0.3, 0.4) is 0 Å². The number of nitrogens with zero attached hydrogens (tertiary/aromatic N) is 1. The van der Waals surface area contributed by atoms with Gasteiger partial charge in [-0.1, -0.05) is 6.07 Å². The molecule has 3 rings (SSSR count). The van der Waals surface area contributed by atoms with Gasteiger partial charge in [-0.2, -0.15) is 0 Å². The topological polar surface area (TPSA) is 52.0 Å². The lowest BCUT2D eigenvalue weighted by atomic mass is 10.1. The Morgan fingerprint density at radius 2 is 2.00 bits per heavy atom. The SMILES string of the molecule is Cc1ccc2nc(-c3c(N)sc(C)c3C)oc2c1. The van der Waals surface area contributed by atoms with Crippen LogP contribution in [0.5, 0.6) is 0 Å². The maximum Gasteiger partial charge on any atom is 0.230 e. The molecule has 0 radical (unpaired) electrons. The molecule has 0 unspecified atom stereocenters. The fraction of sp³-hybridized carbons (Fsp3) is 0.214. The van der Waals surface area contributed by atoms with E-state index in [4.69, 9.17) is 10.2 Å². The second-order valence-corrected chi connectivity index (χ2v) is 5.77. The molecule has 0 saturated carbocycles. The fourth-order valence-electron chi connectivity index (χ4n) is 2.06. The summed E-state index contributed by atoms with van der Waals surface area (Å²) in [4.78, 5) is 5.73. The van der Waals surface area contributed by atoms with Crippen molar-refractivity contribution in [1.29, 1.82) is 0 Å². The van der Waals surface area contributed by atoms with Crippen LogP contribution in [0.15, 0.2) is 22.6 Å². The van der Waals surface area contributed by atoms with Gasteiger partial charge in [-0.3, -0.25) is 0 Å². The highest BCUT2D eigenvalue weighted by Crippen LogP contribution is 2.38. The van der Waals surface area contributed by atoms with Gasteiger partial charge in [-0.05, 0) is 44.0 Å². The van der Waals surface area contributed by atoms with E-state index in [0.717, 1.165) is 32.8 Å². The molecule has 18 heavy (non-hydrogen) atoms. The Morgan fingerprint density at radius 3 is 2.67 bits per heavy atom. The van der Waals surface area contributed by atoms with Gasteiger partial charge in [0.05, 0.1) is 10.6 Å². The van der Waals surface area contributed by atoms with Crippen molar-refractivity contribution in [2.75, 3.05) is 5.73 Å². The van der Waals surface area contributed by atoms with Crippen LogP contribution in [0.4, 0.5) is 5.00 Å². The van der Waals surface area contributed by atoms with Crippen molar-refractivity contribution in [3.63, 3.8) is 0 Å². The van der Waals surface area contributed by atoms with E-state index >= 15 is 0 Å². The van der Waals surface area contributed by atoms with E-state index in [1.165, 1.54) is 4.88 Å². The van der Waals surface area contributed by atoms with Crippen LogP contribution in [0.1, 0.15) is 16.0 Å². The van der Waals surface area contributed by atoms with E-state index in [1.54, 1.807) is 11.3 Å². The van der Waals surface area contributed by atoms with Crippen molar-refractivity contribution in [3.8, 4) is 11.5 Å². The standard InChI is InChI=1S/C14H14N2OS/c1-7-4-5-10-11(6-7)17-14(16-10)12-8(2)9(3)18-13(12)15/h4-6H,15H2,1-3H3. The van der Waals surface area contributed by atoms with Crippen molar-refractivity contribution < 1.29 is 4.42 Å². The quantitative estimate of drug-likeness (QED) is 0.716. The average Bonchev–Trinajstić information content (AvgIpc) is 2.80. The Kier molecular flexibility index (Phi) is 2.41. The van der Waals surface area contributed by atoms with Crippen LogP contribution in [-0.2, 0) is 0 Å². The number of anilines is 1. The first kappa shape index (κ1) is 11.3. The molecule has 2 N–H and O–H groups in total. The number of aromatic nitrogens is 1. The fourth-order valence-corrected chi connectivity index (χ4v) is 2.99. The molecule has 0 saturated heterocycles. The molecule has 0 amide bonds. The van der Waals surface area contributed by atoms with Gasteiger partial charge >= 0.3 is 0 Å². The minimum atomic E-state index is 0.620. The summed E-state index contributed by atoms with van der Waals surface area (Å²) in [6, 6.07) is 6.00. The summed E-state index contributed by atoms with van der Waals surface area (Å²) in [6.45, 7) is 6.15. The number of fused-ring (bicyclic) bond motifs is 1. The van der Waals surface area contributed by atoms with Crippen LogP contribution in [0, 0.1) is 20.8 Å². The van der Waals surface area contributed by atoms with Crippen LogP contribution in [-0.4, -0.2) is 4.98 Å². The lowest BCUT2D eigenvalue weighted by Gasteiger charge is -1.95. The molecule has 0 aliphatic heterocycles. The van der Waals surface area contributed by atoms with Crippen molar-refractivity contribution in [1.82, 2.24) is 4.98 Å². The third-order valence-corrected chi connectivity index (χ3v) is 4.21. The number of nitrogens with two attached hydrogens (primary N) is 1. The molecule has 0 atom stereocenters. The molecule has 3 aromatic rings. The zero-order valence-electron chi connectivity index (χ0n) is 10.6. The number of hydrogen-bond donors (Lipinski definition) is 1. The molecule has 0 spiro atoms. The lowest BCUT2D eigenvalue weighted by Crippen LogP contribution is -1.85. The monoisotopic (exact) mass is 258 g/mol. The number of benzene rings is 1. The van der Waals surface area contributed by atoms with Crippen molar-refractivity contribution in [2.24, 2.45) is 0 Å². The molecule has 0 bridgehead atoms. The van der Waals surface area contributed by atoms with Crippen molar-refractivity contribution in [3.05, 3.63) is 34.2 Å². The molecule has 0 aliphatic carbocycles. The van der Waals surface area contributed by atoms with Gasteiger partial charge in [0.1, 0.15) is 5.52 Å². The van der Waals surface area contributed by atoms with Gasteiger partial charge < -0.3 is 10.2 Å². The van der Waals surface area contributed by atoms with E-state index in [2.05, 4.69) is 18.8 Å². The zero-order chi connectivity index (χ0) is 12.9. The van der Waals surface area contributed by atoms with Crippen molar-refractivity contribution >= 4 is 27.4 Å². The van der Waals surface area contributed by atoms with Gasteiger partial charge in [0.15, 0.2) is 5.58 Å². The van der Waals surface area contributed by atoms with E-state index in [0.29, 0.717) is 5.89 Å². The zero-order valence-corrected chi connectivity index (χ0v) is 11.4. The third-order valence-electron chi connectivity index (χ3n) is 3.17. The van der Waals surface area contributed by atoms with E-state index in [9.17, 15) is 0 Å². The second kappa shape index (κ2) is 3.85. The molecule has 2 aromatic heterocycles. The Balaban J connectivity index is 2.25. The van der Waals surface area contributed by atoms with E-state index < -0.39 is 0 Å². The third kappa shape index (κ3) is 1.61. The maximum absolute atomic E-state index is 6.04. The second-order valence-electron chi connectivity index (χ2n) is 4.51. The largest absolute Gasteiger partial charge is 0.436 e. The smallest absolute Gasteiger partial charge is 0.230 e. The summed E-state index contributed by atoms with van der Waals surface area (Å²) in [6.07, 6.45) is 0. The number of aryl methyl sites for hydroxylation is 2. The highest BCUT2D eigenvalue weighted by atomic mass is 32.1. The number of oxazole rings is 1. The molecular formula is C14H14N2OS. The highest BCUT2D eigenvalue weighted by Gasteiger charge is 2.17. The highest BCUT2D eigenvalue weighted by molar-refractivity contribution is 7.16. The summed E-state index contributed by atoms with van der Waals surface area (Å²) in [5, 5.41) is 0.772. The van der Waals surface area contributed by atoms with Crippen LogP contribution < -0.4 is 5.73 Å². The predicted octanol–water partition coefficient (Wildman–Crippen LogP) is 4.06. The Hall–Kier alpha value is -1.81. The molecule has 4 heteroatoms. The average molecular weight is 258 g/mol. The van der Waals surface area contributed by atoms with Crippen molar-refractivity contribution in [2.45, 2.75) is 20.8 Å². The van der Waals surface area contributed by atoms with Gasteiger partial charge in [-0.15, -0.1) is 11.3 Å². The first-order valence-corrected chi connectivity index (χ1v) is 6.61. The Bertz CT molecular complexity index is 740.